The van der Waals surface area contributed by atoms with Crippen LogP contribution in [0.2, 0.25) is 0 Å². The van der Waals surface area contributed by atoms with Crippen molar-refractivity contribution in [2.45, 2.75) is 52.4 Å². The molecule has 0 spiro atoms. The molecule has 1 radical (unpaired) electrons. The van der Waals surface area contributed by atoms with Crippen LogP contribution < -0.4 is 0 Å². The summed E-state index contributed by atoms with van der Waals surface area (Å²) in [6.07, 6.45) is 7.61. The summed E-state index contributed by atoms with van der Waals surface area (Å²) < 4.78 is 0. The molecule has 115 valence electrons. The van der Waals surface area contributed by atoms with Gasteiger partial charge >= 0.3 is 0 Å². The second-order valence-corrected chi connectivity index (χ2v) is 8.18. The van der Waals surface area contributed by atoms with Crippen molar-refractivity contribution in [3.05, 3.63) is 11.4 Å². The zero-order valence-corrected chi connectivity index (χ0v) is 14.2. The van der Waals surface area contributed by atoms with E-state index >= 15 is 0 Å². The van der Waals surface area contributed by atoms with Crippen LogP contribution in [0.5, 0.6) is 0 Å². The molecular weight excluding hydrogens is 318 g/mol. The summed E-state index contributed by atoms with van der Waals surface area (Å²) in [6, 6.07) is 0. The molecule has 0 aromatic rings. The molecule has 0 bridgehead atoms. The van der Waals surface area contributed by atoms with Crippen molar-refractivity contribution < 1.29 is 31.2 Å². The van der Waals surface area contributed by atoms with Gasteiger partial charge in [0.25, 0.3) is 0 Å². The van der Waals surface area contributed by atoms with Crippen molar-refractivity contribution in [1.82, 2.24) is 0 Å². The number of unbranched alkanes of at least 4 members (excludes halogenated alkanes) is 2. The standard InChI is InChI=1S/C15H23O3P.Co/c1-3-5-11-19(14-18,12-6-4-2)15(13-17)9-7-8-10-16;/h8H,3-7,9,11-12H2,1-2H3;. The number of carbonyl (C=O) groups excluding carboxylic acids is 3. The fourth-order valence-corrected chi connectivity index (χ4v) is 5.50. The Morgan fingerprint density at radius 3 is 1.95 bits per heavy atom. The first kappa shape index (κ1) is 21.7. The molecule has 0 aromatic heterocycles. The van der Waals surface area contributed by atoms with Gasteiger partial charge in [0, 0.05) is 35.1 Å². The maximum absolute atomic E-state index is 11.5. The van der Waals surface area contributed by atoms with Gasteiger partial charge in [-0.15, -0.1) is 0 Å². The molecule has 20 heavy (non-hydrogen) atoms. The summed E-state index contributed by atoms with van der Waals surface area (Å²) >= 11 is 0. The van der Waals surface area contributed by atoms with Crippen LogP contribution in [-0.4, -0.2) is 29.9 Å². The van der Waals surface area contributed by atoms with E-state index in [1.807, 2.05) is 5.94 Å². The van der Waals surface area contributed by atoms with Gasteiger partial charge < -0.3 is 0 Å². The SMILES string of the molecule is CCCCP(=C=O)(CCCC)C(=C=O)CCC=C=O.[Co]. The average molecular weight is 341 g/mol. The number of hydrogen-bond donors (Lipinski definition) is 0. The molecule has 0 rings (SSSR count). The van der Waals surface area contributed by atoms with E-state index in [1.165, 1.54) is 6.08 Å². The minimum atomic E-state index is -2.12. The van der Waals surface area contributed by atoms with E-state index in [-0.39, 0.29) is 16.8 Å². The van der Waals surface area contributed by atoms with E-state index < -0.39 is 6.89 Å². The van der Waals surface area contributed by atoms with Gasteiger partial charge in [0.1, 0.15) is 17.5 Å². The van der Waals surface area contributed by atoms with E-state index in [4.69, 9.17) is 0 Å². The molecule has 0 fully saturated rings. The summed E-state index contributed by atoms with van der Waals surface area (Å²) in [6.45, 7) is 2.01. The Balaban J connectivity index is 0. The van der Waals surface area contributed by atoms with Crippen molar-refractivity contribution in [2.75, 3.05) is 12.3 Å². The molecule has 0 N–H and O–H groups in total. The van der Waals surface area contributed by atoms with Crippen LogP contribution in [0.3, 0.4) is 0 Å². The molecule has 0 aromatic carbocycles. The maximum Gasteiger partial charge on any atom is 0.129 e. The van der Waals surface area contributed by atoms with Gasteiger partial charge in [-0.3, -0.25) is 0 Å². The summed E-state index contributed by atoms with van der Waals surface area (Å²) in [4.78, 5) is 32.9. The van der Waals surface area contributed by atoms with Crippen LogP contribution in [0.1, 0.15) is 52.4 Å². The quantitative estimate of drug-likeness (QED) is 0.451. The molecule has 0 heterocycles. The van der Waals surface area contributed by atoms with Crippen LogP contribution in [-0.2, 0) is 31.2 Å². The van der Waals surface area contributed by atoms with E-state index in [1.54, 1.807) is 5.94 Å². The fraction of sp³-hybridized carbons (Fsp3) is 0.667. The van der Waals surface area contributed by atoms with Gasteiger partial charge in [0.2, 0.25) is 0 Å². The molecule has 0 aliphatic carbocycles. The second kappa shape index (κ2) is 13.4. The molecule has 5 heteroatoms. The molecule has 0 unspecified atom stereocenters. The maximum atomic E-state index is 11.5. The summed E-state index contributed by atoms with van der Waals surface area (Å²) in [7, 11) is 0. The Kier molecular flexibility index (Phi) is 14.5. The summed E-state index contributed by atoms with van der Waals surface area (Å²) in [5, 5.41) is 0.566. The van der Waals surface area contributed by atoms with Crippen molar-refractivity contribution in [3.63, 3.8) is 0 Å². The second-order valence-electron chi connectivity index (χ2n) is 4.62. The third-order valence-electron chi connectivity index (χ3n) is 3.20. The minimum absolute atomic E-state index is 0. The first-order valence-corrected chi connectivity index (χ1v) is 9.07. The van der Waals surface area contributed by atoms with Crippen LogP contribution in [0.15, 0.2) is 11.4 Å². The van der Waals surface area contributed by atoms with Crippen molar-refractivity contribution in [3.8, 4) is 0 Å². The van der Waals surface area contributed by atoms with Crippen LogP contribution in [0.25, 0.3) is 0 Å². The molecule has 3 nitrogen and oxygen atoms in total. The van der Waals surface area contributed by atoms with E-state index in [2.05, 4.69) is 19.5 Å². The summed E-state index contributed by atoms with van der Waals surface area (Å²) in [5.41, 5.74) is 2.21. The Morgan fingerprint density at radius 2 is 1.60 bits per heavy atom. The minimum Gasteiger partial charge on any atom is -0.234 e. The van der Waals surface area contributed by atoms with Gasteiger partial charge in [0.05, 0.1) is 0 Å². The fourth-order valence-electron chi connectivity index (χ4n) is 2.00. The van der Waals surface area contributed by atoms with E-state index in [0.717, 1.165) is 38.0 Å². The van der Waals surface area contributed by atoms with Gasteiger partial charge in [-0.05, 0) is 38.0 Å². The van der Waals surface area contributed by atoms with Crippen LogP contribution in [0, 0.1) is 0 Å². The molecular formula is C15H23CoO3P. The topological polar surface area (TPSA) is 51.2 Å². The molecule has 0 aliphatic heterocycles. The normalized spacial score (nSPS) is 9.70. The third kappa shape index (κ3) is 7.27. The zero-order chi connectivity index (χ0) is 14.6. The van der Waals surface area contributed by atoms with Gasteiger partial charge in [-0.2, -0.15) is 0 Å². The third-order valence-corrected chi connectivity index (χ3v) is 7.06. The van der Waals surface area contributed by atoms with Crippen molar-refractivity contribution in [1.29, 1.82) is 0 Å². The predicted octanol–water partition coefficient (Wildman–Crippen LogP) is 3.55. The molecule has 0 atom stereocenters. The monoisotopic (exact) mass is 341 g/mol. The molecule has 0 amide bonds. The van der Waals surface area contributed by atoms with Gasteiger partial charge in [-0.25, -0.2) is 14.4 Å². The average Bonchev–Trinajstić information content (AvgIpc) is 2.45. The van der Waals surface area contributed by atoms with Gasteiger partial charge in [-0.1, -0.05) is 26.7 Å². The van der Waals surface area contributed by atoms with Gasteiger partial charge in [0.15, 0.2) is 0 Å². The van der Waals surface area contributed by atoms with Crippen LogP contribution in [0.4, 0.5) is 0 Å². The Hall–Kier alpha value is -0.584. The molecule has 0 aliphatic rings. The first-order chi connectivity index (χ1) is 9.20. The van der Waals surface area contributed by atoms with Crippen molar-refractivity contribution in [2.24, 2.45) is 0 Å². The van der Waals surface area contributed by atoms with Crippen LogP contribution >= 0.6 is 6.89 Å². The summed E-state index contributed by atoms with van der Waals surface area (Å²) in [5.74, 6) is 3.67. The molecule has 0 saturated carbocycles. The predicted molar refractivity (Wildman–Crippen MR) is 80.9 cm³/mol. The largest absolute Gasteiger partial charge is 0.234 e. The zero-order valence-electron chi connectivity index (χ0n) is 12.2. The van der Waals surface area contributed by atoms with Crippen molar-refractivity contribution >= 4 is 24.4 Å². The Labute approximate surface area is 132 Å². The number of hydrogen-bond acceptors (Lipinski definition) is 3. The van der Waals surface area contributed by atoms with E-state index in [0.29, 0.717) is 18.2 Å². The first-order valence-electron chi connectivity index (χ1n) is 6.91. The number of rotatable bonds is 10. The molecule has 0 saturated heterocycles. The smallest absolute Gasteiger partial charge is 0.129 e. The van der Waals surface area contributed by atoms with E-state index in [9.17, 15) is 14.4 Å². The number of allylic oxidation sites excluding steroid dienone is 2. The Morgan fingerprint density at radius 1 is 1.05 bits per heavy atom. The Bertz CT molecular complexity index is 428.